The SMILES string of the molecule is C1COCCN1.N.N.O=S(=O)(O)O. The first-order valence-corrected chi connectivity index (χ1v) is 4.38. The molecule has 9 heteroatoms. The monoisotopic (exact) mass is 219 g/mol. The Bertz CT molecular complexity index is 159. The van der Waals surface area contributed by atoms with Gasteiger partial charge in [0, 0.05) is 13.1 Å². The molecule has 0 aromatic carbocycles. The lowest BCUT2D eigenvalue weighted by Gasteiger charge is -2.10. The molecule has 0 amide bonds. The molecule has 1 fully saturated rings. The minimum Gasteiger partial charge on any atom is -0.379 e. The Hall–Kier alpha value is -0.290. The minimum absolute atomic E-state index is 0. The zero-order chi connectivity index (χ0) is 8.74. The normalized spacial score (nSPS) is 15.5. The van der Waals surface area contributed by atoms with Crippen LogP contribution >= 0.6 is 0 Å². The third kappa shape index (κ3) is 33.9. The summed E-state index contributed by atoms with van der Waals surface area (Å²) in [5, 5.41) is 3.16. The molecule has 0 aromatic heterocycles. The molecular formula is C4H17N3O5S. The third-order valence-corrected chi connectivity index (χ3v) is 0.846. The van der Waals surface area contributed by atoms with E-state index in [1.807, 2.05) is 0 Å². The van der Waals surface area contributed by atoms with E-state index >= 15 is 0 Å². The minimum atomic E-state index is -4.67. The summed E-state index contributed by atoms with van der Waals surface area (Å²) in [4.78, 5) is 0. The van der Waals surface area contributed by atoms with Gasteiger partial charge in [-0.1, -0.05) is 0 Å². The van der Waals surface area contributed by atoms with E-state index in [1.165, 1.54) is 0 Å². The molecule has 0 radical (unpaired) electrons. The summed E-state index contributed by atoms with van der Waals surface area (Å²) in [7, 11) is -4.67. The van der Waals surface area contributed by atoms with Crippen molar-refractivity contribution in [3.8, 4) is 0 Å². The highest BCUT2D eigenvalue weighted by Gasteiger charge is 1.92. The molecule has 1 aliphatic rings. The second kappa shape index (κ2) is 9.80. The molecule has 0 unspecified atom stereocenters. The van der Waals surface area contributed by atoms with Gasteiger partial charge in [0.05, 0.1) is 13.2 Å². The first-order valence-electron chi connectivity index (χ1n) is 2.98. The Labute approximate surface area is 77.4 Å². The Kier molecular flexibility index (Phi) is 13.9. The van der Waals surface area contributed by atoms with Crippen LogP contribution in [0.15, 0.2) is 0 Å². The number of morpholine rings is 1. The Morgan fingerprint density at radius 3 is 1.46 bits per heavy atom. The largest absolute Gasteiger partial charge is 0.394 e. The van der Waals surface area contributed by atoms with Crippen LogP contribution in [0.25, 0.3) is 0 Å². The molecule has 0 bridgehead atoms. The number of hydrogen-bond donors (Lipinski definition) is 5. The number of hydrogen-bond acceptors (Lipinski definition) is 6. The zero-order valence-corrected chi connectivity index (χ0v) is 8.09. The molecule has 0 spiro atoms. The van der Waals surface area contributed by atoms with Crippen molar-refractivity contribution in [3.63, 3.8) is 0 Å². The van der Waals surface area contributed by atoms with Crippen LogP contribution in [0, 0.1) is 0 Å². The van der Waals surface area contributed by atoms with E-state index < -0.39 is 10.4 Å². The number of rotatable bonds is 0. The van der Waals surface area contributed by atoms with Gasteiger partial charge in [-0.3, -0.25) is 9.11 Å². The molecule has 84 valence electrons. The van der Waals surface area contributed by atoms with Crippen molar-refractivity contribution in [1.29, 1.82) is 0 Å². The maximum Gasteiger partial charge on any atom is 0.394 e. The molecule has 8 nitrogen and oxygen atoms in total. The van der Waals surface area contributed by atoms with Crippen molar-refractivity contribution in [3.05, 3.63) is 0 Å². The molecule has 1 rings (SSSR count). The van der Waals surface area contributed by atoms with Crippen LogP contribution in [0.2, 0.25) is 0 Å². The summed E-state index contributed by atoms with van der Waals surface area (Å²) in [6, 6.07) is 0. The average molecular weight is 219 g/mol. The van der Waals surface area contributed by atoms with Gasteiger partial charge in [0.15, 0.2) is 0 Å². The van der Waals surface area contributed by atoms with Gasteiger partial charge in [0.2, 0.25) is 0 Å². The fraction of sp³-hybridized carbons (Fsp3) is 1.00. The average Bonchev–Trinajstić information content (AvgIpc) is 1.88. The summed E-state index contributed by atoms with van der Waals surface area (Å²) in [6.07, 6.45) is 0. The highest BCUT2D eigenvalue weighted by atomic mass is 32.3. The van der Waals surface area contributed by atoms with Gasteiger partial charge in [0.1, 0.15) is 0 Å². The van der Waals surface area contributed by atoms with Crippen LogP contribution in [-0.2, 0) is 15.1 Å². The van der Waals surface area contributed by atoms with E-state index in [-0.39, 0.29) is 12.3 Å². The molecular weight excluding hydrogens is 202 g/mol. The van der Waals surface area contributed by atoms with Crippen LogP contribution in [0.4, 0.5) is 0 Å². The topological polar surface area (TPSA) is 166 Å². The predicted octanol–water partition coefficient (Wildman–Crippen LogP) is -0.723. The molecule has 0 aliphatic carbocycles. The van der Waals surface area contributed by atoms with Gasteiger partial charge in [0.25, 0.3) is 0 Å². The molecule has 1 heterocycles. The summed E-state index contributed by atoms with van der Waals surface area (Å²) < 4.78 is 36.6. The summed E-state index contributed by atoms with van der Waals surface area (Å²) >= 11 is 0. The molecule has 1 saturated heterocycles. The first-order chi connectivity index (χ1) is 5.00. The van der Waals surface area contributed by atoms with Crippen molar-refractivity contribution in [1.82, 2.24) is 17.6 Å². The maximum atomic E-state index is 8.74. The van der Waals surface area contributed by atoms with E-state index in [0.717, 1.165) is 26.3 Å². The summed E-state index contributed by atoms with van der Waals surface area (Å²) in [5.74, 6) is 0. The van der Waals surface area contributed by atoms with Gasteiger partial charge < -0.3 is 22.4 Å². The zero-order valence-electron chi connectivity index (χ0n) is 7.27. The standard InChI is InChI=1S/C4H9NO.2H3N.H2O4S/c1-3-6-4-2-5-1;;;1-5(2,3)4/h5H,1-4H2;2*1H3;(H2,1,2,3,4). The molecule has 0 atom stereocenters. The van der Waals surface area contributed by atoms with E-state index in [9.17, 15) is 0 Å². The third-order valence-electron chi connectivity index (χ3n) is 0.846. The molecule has 0 aromatic rings. The quantitative estimate of drug-likeness (QED) is 0.332. The molecule has 13 heavy (non-hydrogen) atoms. The Balaban J connectivity index is -0.000000136. The molecule has 0 saturated carbocycles. The maximum absolute atomic E-state index is 8.74. The fourth-order valence-electron chi connectivity index (χ4n) is 0.516. The smallest absolute Gasteiger partial charge is 0.379 e. The van der Waals surface area contributed by atoms with Crippen LogP contribution in [0.1, 0.15) is 0 Å². The van der Waals surface area contributed by atoms with Gasteiger partial charge >= 0.3 is 10.4 Å². The Morgan fingerprint density at radius 2 is 1.38 bits per heavy atom. The van der Waals surface area contributed by atoms with Crippen LogP contribution in [-0.4, -0.2) is 43.8 Å². The van der Waals surface area contributed by atoms with Crippen LogP contribution in [0.3, 0.4) is 0 Å². The predicted molar refractivity (Wildman–Crippen MR) is 47.9 cm³/mol. The van der Waals surface area contributed by atoms with Gasteiger partial charge in [-0.05, 0) is 0 Å². The highest BCUT2D eigenvalue weighted by Crippen LogP contribution is 1.76. The van der Waals surface area contributed by atoms with Crippen molar-refractivity contribution in [2.75, 3.05) is 26.3 Å². The Morgan fingerprint density at radius 1 is 1.08 bits per heavy atom. The van der Waals surface area contributed by atoms with E-state index in [1.54, 1.807) is 0 Å². The molecule has 1 aliphatic heterocycles. The lowest BCUT2D eigenvalue weighted by molar-refractivity contribution is 0.109. The fourth-order valence-corrected chi connectivity index (χ4v) is 0.516. The lowest BCUT2D eigenvalue weighted by Crippen LogP contribution is -2.30. The lowest BCUT2D eigenvalue weighted by atomic mass is 10.5. The molecule has 9 N–H and O–H groups in total. The number of nitrogens with one attached hydrogen (secondary N) is 1. The van der Waals surface area contributed by atoms with Crippen LogP contribution < -0.4 is 17.6 Å². The van der Waals surface area contributed by atoms with E-state index in [4.69, 9.17) is 22.3 Å². The second-order valence-corrected chi connectivity index (χ2v) is 2.71. The van der Waals surface area contributed by atoms with Crippen molar-refractivity contribution in [2.45, 2.75) is 0 Å². The highest BCUT2D eigenvalue weighted by molar-refractivity contribution is 7.79. The van der Waals surface area contributed by atoms with E-state index in [2.05, 4.69) is 5.32 Å². The summed E-state index contributed by atoms with van der Waals surface area (Å²) in [5.41, 5.74) is 0. The van der Waals surface area contributed by atoms with Gasteiger partial charge in [-0.15, -0.1) is 0 Å². The first kappa shape index (κ1) is 18.5. The van der Waals surface area contributed by atoms with Crippen molar-refractivity contribution in [2.24, 2.45) is 0 Å². The summed E-state index contributed by atoms with van der Waals surface area (Å²) in [6.45, 7) is 3.83. The van der Waals surface area contributed by atoms with E-state index in [0.29, 0.717) is 0 Å². The van der Waals surface area contributed by atoms with Crippen molar-refractivity contribution < 1.29 is 22.3 Å². The number of ether oxygens (including phenoxy) is 1. The van der Waals surface area contributed by atoms with Crippen LogP contribution in [0.5, 0.6) is 0 Å². The van der Waals surface area contributed by atoms with Gasteiger partial charge in [-0.25, -0.2) is 0 Å². The van der Waals surface area contributed by atoms with Crippen molar-refractivity contribution >= 4 is 10.4 Å². The second-order valence-electron chi connectivity index (χ2n) is 1.81. The van der Waals surface area contributed by atoms with Gasteiger partial charge in [-0.2, -0.15) is 8.42 Å².